The lowest BCUT2D eigenvalue weighted by Crippen LogP contribution is -2.52. The van der Waals surface area contributed by atoms with E-state index in [0.29, 0.717) is 17.0 Å². The molecule has 1 atom stereocenters. The molecule has 0 spiro atoms. The lowest BCUT2D eigenvalue weighted by Gasteiger charge is -2.35. The first-order valence-corrected chi connectivity index (χ1v) is 14.8. The van der Waals surface area contributed by atoms with Gasteiger partial charge in [0.05, 0.1) is 23.7 Å². The highest BCUT2D eigenvalue weighted by Crippen LogP contribution is 2.33. The monoisotopic (exact) mass is 587 g/mol. The molecular formula is C32H30FN3O5S. The summed E-state index contributed by atoms with van der Waals surface area (Å²) in [6, 6.07) is 28.0. The molecular weight excluding hydrogens is 557 g/mol. The fourth-order valence-corrected chi connectivity index (χ4v) is 6.00. The fourth-order valence-electron chi connectivity index (χ4n) is 4.62. The summed E-state index contributed by atoms with van der Waals surface area (Å²) >= 11 is 0. The van der Waals surface area contributed by atoms with E-state index in [1.54, 1.807) is 36.4 Å². The van der Waals surface area contributed by atoms with Crippen molar-refractivity contribution in [2.45, 2.75) is 31.0 Å². The molecule has 1 aliphatic rings. The first kappa shape index (κ1) is 29.0. The number of para-hydroxylation sites is 2. The van der Waals surface area contributed by atoms with Gasteiger partial charge in [-0.25, -0.2) is 12.8 Å². The maximum atomic E-state index is 13.9. The number of carbonyl (C=O) groups is 2. The van der Waals surface area contributed by atoms with E-state index in [9.17, 15) is 22.4 Å². The van der Waals surface area contributed by atoms with Crippen LogP contribution in [-0.4, -0.2) is 43.7 Å². The van der Waals surface area contributed by atoms with Gasteiger partial charge in [-0.1, -0.05) is 72.3 Å². The van der Waals surface area contributed by atoms with Gasteiger partial charge in [0, 0.05) is 13.1 Å². The van der Waals surface area contributed by atoms with Crippen LogP contribution in [0.2, 0.25) is 0 Å². The van der Waals surface area contributed by atoms with Crippen molar-refractivity contribution < 1.29 is 27.1 Å². The van der Waals surface area contributed by atoms with Crippen LogP contribution in [0.4, 0.5) is 10.1 Å². The van der Waals surface area contributed by atoms with Crippen molar-refractivity contribution in [3.63, 3.8) is 0 Å². The van der Waals surface area contributed by atoms with Gasteiger partial charge in [0.15, 0.2) is 6.10 Å². The van der Waals surface area contributed by atoms with Crippen LogP contribution in [0.5, 0.6) is 5.75 Å². The Bertz CT molecular complexity index is 1660. The number of nitrogens with zero attached hydrogens (tertiary/aromatic N) is 2. The molecule has 1 aliphatic heterocycles. The van der Waals surface area contributed by atoms with Crippen LogP contribution in [-0.2, 0) is 32.7 Å². The Morgan fingerprint density at radius 2 is 1.57 bits per heavy atom. The Balaban J connectivity index is 1.40. The SMILES string of the molecule is Cc1ccc(S(=O)(=O)N(CC(=O)N2C[C@@H](C(=O)NCc3ccccc3)Oc3ccccc32)Cc2ccc(F)cc2)cc1. The number of nitrogens with one attached hydrogen (secondary N) is 1. The van der Waals surface area contributed by atoms with E-state index in [0.717, 1.165) is 15.4 Å². The molecule has 8 nitrogen and oxygen atoms in total. The zero-order valence-corrected chi connectivity index (χ0v) is 23.8. The molecule has 216 valence electrons. The zero-order chi connectivity index (χ0) is 29.7. The third-order valence-electron chi connectivity index (χ3n) is 6.92. The summed E-state index contributed by atoms with van der Waals surface area (Å²) in [4.78, 5) is 28.4. The second-order valence-corrected chi connectivity index (χ2v) is 11.9. The van der Waals surface area contributed by atoms with Gasteiger partial charge < -0.3 is 15.0 Å². The number of hydrogen-bond acceptors (Lipinski definition) is 5. The van der Waals surface area contributed by atoms with Crippen molar-refractivity contribution in [2.75, 3.05) is 18.0 Å². The molecule has 5 rings (SSSR count). The normalized spacial score (nSPS) is 14.6. The van der Waals surface area contributed by atoms with Crippen LogP contribution in [0.3, 0.4) is 0 Å². The van der Waals surface area contributed by atoms with E-state index < -0.39 is 40.3 Å². The third-order valence-corrected chi connectivity index (χ3v) is 8.73. The van der Waals surface area contributed by atoms with Crippen molar-refractivity contribution in [3.05, 3.63) is 126 Å². The van der Waals surface area contributed by atoms with E-state index in [4.69, 9.17) is 4.74 Å². The van der Waals surface area contributed by atoms with Crippen molar-refractivity contribution in [1.29, 1.82) is 0 Å². The molecule has 0 fully saturated rings. The van der Waals surface area contributed by atoms with Crippen molar-refractivity contribution in [1.82, 2.24) is 9.62 Å². The van der Waals surface area contributed by atoms with Gasteiger partial charge in [-0.15, -0.1) is 0 Å². The van der Waals surface area contributed by atoms with E-state index in [1.807, 2.05) is 37.3 Å². The quantitative estimate of drug-likeness (QED) is 0.313. The van der Waals surface area contributed by atoms with E-state index >= 15 is 0 Å². The number of sulfonamides is 1. The Morgan fingerprint density at radius 1 is 0.905 bits per heavy atom. The maximum absolute atomic E-state index is 13.9. The maximum Gasteiger partial charge on any atom is 0.263 e. The number of benzene rings is 4. The number of hydrogen-bond donors (Lipinski definition) is 1. The smallest absolute Gasteiger partial charge is 0.263 e. The molecule has 1 heterocycles. The summed E-state index contributed by atoms with van der Waals surface area (Å²) in [5, 5.41) is 2.85. The highest BCUT2D eigenvalue weighted by molar-refractivity contribution is 7.89. The minimum absolute atomic E-state index is 0.0311. The number of anilines is 1. The Hall–Kier alpha value is -4.54. The Kier molecular flexibility index (Phi) is 8.65. The van der Waals surface area contributed by atoms with Crippen molar-refractivity contribution in [3.8, 4) is 5.75 Å². The zero-order valence-electron chi connectivity index (χ0n) is 22.9. The molecule has 42 heavy (non-hydrogen) atoms. The number of fused-ring (bicyclic) bond motifs is 1. The summed E-state index contributed by atoms with van der Waals surface area (Å²) in [5.74, 6) is -1.06. The van der Waals surface area contributed by atoms with Gasteiger partial charge in [-0.3, -0.25) is 9.59 Å². The first-order chi connectivity index (χ1) is 20.2. The van der Waals surface area contributed by atoms with Gasteiger partial charge in [-0.05, 0) is 54.4 Å². The Labute approximate surface area is 244 Å². The second-order valence-electron chi connectivity index (χ2n) is 9.99. The standard InChI is InChI=1S/C32H30FN3O5S/c1-23-11-17-27(18-12-23)42(39,40)35(20-25-13-15-26(33)16-14-25)22-31(37)36-21-30(41-29-10-6-5-9-28(29)36)32(38)34-19-24-7-3-2-4-8-24/h2-18,30H,19-22H2,1H3,(H,34,38)/t30-/m0/s1. The molecule has 0 aromatic heterocycles. The molecule has 0 aliphatic carbocycles. The van der Waals surface area contributed by atoms with Gasteiger partial charge in [0.25, 0.3) is 5.91 Å². The van der Waals surface area contributed by atoms with Gasteiger partial charge in [0.2, 0.25) is 15.9 Å². The van der Waals surface area contributed by atoms with Crippen LogP contribution in [0.25, 0.3) is 0 Å². The molecule has 4 aromatic rings. The number of ether oxygens (including phenoxy) is 1. The van der Waals surface area contributed by atoms with Gasteiger partial charge >= 0.3 is 0 Å². The summed E-state index contributed by atoms with van der Waals surface area (Å²) < 4.78 is 48.1. The molecule has 2 amide bonds. The molecule has 0 saturated heterocycles. The summed E-state index contributed by atoms with van der Waals surface area (Å²) in [7, 11) is -4.12. The molecule has 0 saturated carbocycles. The van der Waals surface area contributed by atoms with Crippen LogP contribution in [0, 0.1) is 12.7 Å². The molecule has 1 N–H and O–H groups in total. The molecule has 0 bridgehead atoms. The predicted molar refractivity (Wildman–Crippen MR) is 157 cm³/mol. The van der Waals surface area contributed by atoms with Crippen LogP contribution >= 0.6 is 0 Å². The van der Waals surface area contributed by atoms with E-state index in [2.05, 4.69) is 5.32 Å². The summed E-state index contributed by atoms with van der Waals surface area (Å²) in [6.45, 7) is 1.36. The topological polar surface area (TPSA) is 96.0 Å². The van der Waals surface area contributed by atoms with Crippen LogP contribution < -0.4 is 15.0 Å². The minimum atomic E-state index is -4.12. The number of amides is 2. The summed E-state index contributed by atoms with van der Waals surface area (Å²) in [6.07, 6.45) is -1.01. The minimum Gasteiger partial charge on any atom is -0.477 e. The molecule has 0 unspecified atom stereocenters. The summed E-state index contributed by atoms with van der Waals surface area (Å²) in [5.41, 5.74) is 2.74. The second kappa shape index (κ2) is 12.5. The van der Waals surface area contributed by atoms with Crippen molar-refractivity contribution in [2.24, 2.45) is 0 Å². The lowest BCUT2D eigenvalue weighted by atomic mass is 10.1. The number of halogens is 1. The molecule has 10 heteroatoms. The van der Waals surface area contributed by atoms with E-state index in [1.165, 1.54) is 41.3 Å². The molecule has 0 radical (unpaired) electrons. The average Bonchev–Trinajstić information content (AvgIpc) is 3.00. The third kappa shape index (κ3) is 6.67. The fraction of sp³-hybridized carbons (Fsp3) is 0.188. The van der Waals surface area contributed by atoms with E-state index in [-0.39, 0.29) is 24.5 Å². The highest BCUT2D eigenvalue weighted by Gasteiger charge is 2.36. The van der Waals surface area contributed by atoms with Crippen molar-refractivity contribution >= 4 is 27.5 Å². The lowest BCUT2D eigenvalue weighted by molar-refractivity contribution is -0.128. The number of carbonyl (C=O) groups excluding carboxylic acids is 2. The predicted octanol–water partition coefficient (Wildman–Crippen LogP) is 4.44. The Morgan fingerprint density at radius 3 is 2.29 bits per heavy atom. The van der Waals surface area contributed by atoms with Crippen LogP contribution in [0.15, 0.2) is 108 Å². The largest absolute Gasteiger partial charge is 0.477 e. The van der Waals surface area contributed by atoms with Crippen LogP contribution in [0.1, 0.15) is 16.7 Å². The van der Waals surface area contributed by atoms with Gasteiger partial charge in [0.1, 0.15) is 11.6 Å². The van der Waals surface area contributed by atoms with Gasteiger partial charge in [-0.2, -0.15) is 4.31 Å². The first-order valence-electron chi connectivity index (χ1n) is 13.4. The number of rotatable bonds is 9. The average molecular weight is 588 g/mol. The molecule has 4 aromatic carbocycles. The number of aryl methyl sites for hydroxylation is 1. The highest BCUT2D eigenvalue weighted by atomic mass is 32.2.